The maximum absolute atomic E-state index is 4.40. The summed E-state index contributed by atoms with van der Waals surface area (Å²) in [4.78, 5) is 0. The molecule has 0 spiro atoms. The van der Waals surface area contributed by atoms with E-state index in [0.29, 0.717) is 0 Å². The molecule has 1 aromatic heterocycles. The first kappa shape index (κ1) is 14.4. The molecule has 3 aromatic carbocycles. The summed E-state index contributed by atoms with van der Waals surface area (Å²) in [7, 11) is 0. The molecule has 116 valence electrons. The average molecular weight is 311 g/mol. The van der Waals surface area contributed by atoms with Gasteiger partial charge in [-0.15, -0.1) is 5.10 Å². The Labute approximate surface area is 140 Å². The summed E-state index contributed by atoms with van der Waals surface area (Å²) in [5, 5.41) is 8.70. The first-order valence-electron chi connectivity index (χ1n) is 8.00. The van der Waals surface area contributed by atoms with Crippen molar-refractivity contribution in [3.05, 3.63) is 102 Å². The second-order valence-electron chi connectivity index (χ2n) is 5.65. The van der Waals surface area contributed by atoms with E-state index in [9.17, 15) is 0 Å². The third-order valence-corrected chi connectivity index (χ3v) is 4.05. The quantitative estimate of drug-likeness (QED) is 0.545. The van der Waals surface area contributed by atoms with Gasteiger partial charge in [0.1, 0.15) is 5.52 Å². The molecule has 0 saturated carbocycles. The van der Waals surface area contributed by atoms with Crippen LogP contribution in [0.15, 0.2) is 91.0 Å². The summed E-state index contributed by atoms with van der Waals surface area (Å²) in [5.74, 6) is 0. The van der Waals surface area contributed by atoms with Crippen molar-refractivity contribution in [3.63, 3.8) is 0 Å². The van der Waals surface area contributed by atoms with E-state index in [1.54, 1.807) is 0 Å². The lowest BCUT2D eigenvalue weighted by atomic mass is 10.0. The number of hydrogen-bond donors (Lipinski definition) is 0. The lowest BCUT2D eigenvalue weighted by Crippen LogP contribution is -2.10. The van der Waals surface area contributed by atoms with Crippen LogP contribution in [0.25, 0.3) is 17.1 Å². The number of fused-ring (bicyclic) bond motifs is 1. The van der Waals surface area contributed by atoms with Crippen molar-refractivity contribution in [1.29, 1.82) is 0 Å². The normalized spacial score (nSPS) is 12.7. The highest BCUT2D eigenvalue weighted by Gasteiger charge is 2.14. The number of hydrogen-bond acceptors (Lipinski definition) is 2. The fraction of sp³-hybridized carbons (Fsp3) is 0.0476. The summed E-state index contributed by atoms with van der Waals surface area (Å²) < 4.78 is 1.98. The van der Waals surface area contributed by atoms with Crippen LogP contribution in [0.3, 0.4) is 0 Å². The van der Waals surface area contributed by atoms with Crippen LogP contribution in [0.1, 0.15) is 17.2 Å². The molecule has 1 unspecified atom stereocenters. The van der Waals surface area contributed by atoms with Gasteiger partial charge >= 0.3 is 0 Å². The second kappa shape index (κ2) is 6.50. The lowest BCUT2D eigenvalue weighted by molar-refractivity contribution is 0.605. The van der Waals surface area contributed by atoms with Crippen molar-refractivity contribution in [3.8, 4) is 0 Å². The van der Waals surface area contributed by atoms with Crippen molar-refractivity contribution in [2.75, 3.05) is 0 Å². The Balaban J connectivity index is 1.80. The van der Waals surface area contributed by atoms with Gasteiger partial charge in [0.05, 0.1) is 11.6 Å². The fourth-order valence-electron chi connectivity index (χ4n) is 2.84. The van der Waals surface area contributed by atoms with Gasteiger partial charge in [0.2, 0.25) is 0 Å². The van der Waals surface area contributed by atoms with Crippen LogP contribution in [0.4, 0.5) is 0 Å². The first-order chi connectivity index (χ1) is 11.9. The summed E-state index contributed by atoms with van der Waals surface area (Å²) in [6, 6.07) is 28.7. The highest BCUT2D eigenvalue weighted by Crippen LogP contribution is 2.24. The highest BCUT2D eigenvalue weighted by molar-refractivity contribution is 5.74. The third-order valence-electron chi connectivity index (χ3n) is 4.05. The lowest BCUT2D eigenvalue weighted by Gasteiger charge is -2.14. The minimum absolute atomic E-state index is 0.00111. The molecule has 0 saturated heterocycles. The predicted octanol–water partition coefficient (Wildman–Crippen LogP) is 4.73. The first-order valence-corrected chi connectivity index (χ1v) is 8.00. The number of benzene rings is 3. The zero-order valence-corrected chi connectivity index (χ0v) is 13.2. The zero-order chi connectivity index (χ0) is 16.2. The van der Waals surface area contributed by atoms with Gasteiger partial charge in [-0.25, -0.2) is 4.68 Å². The second-order valence-corrected chi connectivity index (χ2v) is 5.65. The van der Waals surface area contributed by atoms with E-state index in [0.717, 1.165) is 11.0 Å². The average Bonchev–Trinajstić information content (AvgIpc) is 3.08. The summed E-state index contributed by atoms with van der Waals surface area (Å²) >= 11 is 0. The Morgan fingerprint density at radius 3 is 2.21 bits per heavy atom. The molecule has 4 rings (SSSR count). The number of allylic oxidation sites excluding steroid dienone is 1. The van der Waals surface area contributed by atoms with Gasteiger partial charge in [-0.05, 0) is 23.3 Å². The molecule has 1 atom stereocenters. The van der Waals surface area contributed by atoms with Gasteiger partial charge in [-0.2, -0.15) is 0 Å². The number of nitrogens with zero attached hydrogens (tertiary/aromatic N) is 3. The molecule has 0 aliphatic heterocycles. The van der Waals surface area contributed by atoms with Gasteiger partial charge < -0.3 is 0 Å². The summed E-state index contributed by atoms with van der Waals surface area (Å²) in [6.45, 7) is 0. The van der Waals surface area contributed by atoms with Crippen LogP contribution >= 0.6 is 0 Å². The molecular weight excluding hydrogens is 294 g/mol. The Morgan fingerprint density at radius 2 is 1.42 bits per heavy atom. The number of para-hydroxylation sites is 1. The SMILES string of the molecule is C(=C\C(c1ccccc1)n1nnc2ccccc21)/c1ccccc1. The smallest absolute Gasteiger partial charge is 0.113 e. The minimum Gasteiger partial charge on any atom is -0.233 e. The molecule has 24 heavy (non-hydrogen) atoms. The fourth-order valence-corrected chi connectivity index (χ4v) is 2.84. The molecule has 0 radical (unpaired) electrons. The van der Waals surface area contributed by atoms with E-state index >= 15 is 0 Å². The highest BCUT2D eigenvalue weighted by atomic mass is 15.4. The van der Waals surface area contributed by atoms with E-state index < -0.39 is 0 Å². The maximum atomic E-state index is 4.40. The van der Waals surface area contributed by atoms with E-state index in [4.69, 9.17) is 0 Å². The van der Waals surface area contributed by atoms with Gasteiger partial charge in [0.15, 0.2) is 0 Å². The third kappa shape index (κ3) is 2.84. The molecule has 0 fully saturated rings. The molecule has 0 aliphatic carbocycles. The zero-order valence-electron chi connectivity index (χ0n) is 13.2. The molecule has 3 heteroatoms. The summed E-state index contributed by atoms with van der Waals surface area (Å²) in [6.07, 6.45) is 4.31. The van der Waals surface area contributed by atoms with Gasteiger partial charge in [0, 0.05) is 0 Å². The van der Waals surface area contributed by atoms with Crippen molar-refractivity contribution >= 4 is 17.1 Å². The Hall–Kier alpha value is -3.20. The number of rotatable bonds is 4. The molecule has 1 heterocycles. The van der Waals surface area contributed by atoms with Gasteiger partial charge in [-0.3, -0.25) is 0 Å². The van der Waals surface area contributed by atoms with E-state index in [-0.39, 0.29) is 6.04 Å². The summed E-state index contributed by atoms with van der Waals surface area (Å²) in [5.41, 5.74) is 4.29. The van der Waals surface area contributed by atoms with Crippen LogP contribution in [-0.2, 0) is 0 Å². The Kier molecular flexibility index (Phi) is 3.90. The van der Waals surface area contributed by atoms with Crippen molar-refractivity contribution in [2.24, 2.45) is 0 Å². The molecular formula is C21H17N3. The van der Waals surface area contributed by atoms with E-state index in [2.05, 4.69) is 64.9 Å². The molecule has 0 N–H and O–H groups in total. The Morgan fingerprint density at radius 1 is 0.750 bits per heavy atom. The van der Waals surface area contributed by atoms with Crippen molar-refractivity contribution < 1.29 is 0 Å². The Bertz CT molecular complexity index is 956. The topological polar surface area (TPSA) is 30.7 Å². The molecule has 0 aliphatic rings. The standard InChI is InChI=1S/C21H17N3/c1-3-9-17(10-4-1)15-16-20(18-11-5-2-6-12-18)24-21-14-8-7-13-19(21)22-23-24/h1-16,20H/b16-15+. The van der Waals surface area contributed by atoms with Crippen LogP contribution in [0.2, 0.25) is 0 Å². The van der Waals surface area contributed by atoms with Crippen LogP contribution in [0.5, 0.6) is 0 Å². The van der Waals surface area contributed by atoms with Gasteiger partial charge in [-0.1, -0.05) is 90.2 Å². The van der Waals surface area contributed by atoms with Crippen LogP contribution < -0.4 is 0 Å². The molecule has 0 bridgehead atoms. The van der Waals surface area contributed by atoms with Crippen LogP contribution in [0, 0.1) is 0 Å². The molecule has 0 amide bonds. The van der Waals surface area contributed by atoms with Crippen molar-refractivity contribution in [1.82, 2.24) is 15.0 Å². The van der Waals surface area contributed by atoms with Crippen molar-refractivity contribution in [2.45, 2.75) is 6.04 Å². The van der Waals surface area contributed by atoms with Gasteiger partial charge in [0.25, 0.3) is 0 Å². The van der Waals surface area contributed by atoms with E-state index in [1.807, 2.05) is 47.1 Å². The molecule has 4 aromatic rings. The van der Waals surface area contributed by atoms with Crippen LogP contribution in [-0.4, -0.2) is 15.0 Å². The largest absolute Gasteiger partial charge is 0.233 e. The number of aromatic nitrogens is 3. The molecule has 3 nitrogen and oxygen atoms in total. The maximum Gasteiger partial charge on any atom is 0.113 e. The minimum atomic E-state index is -0.00111. The predicted molar refractivity (Wildman–Crippen MR) is 97.6 cm³/mol. The monoisotopic (exact) mass is 311 g/mol. The van der Waals surface area contributed by atoms with E-state index in [1.165, 1.54) is 11.1 Å².